The van der Waals surface area contributed by atoms with Crippen LogP contribution in [-0.4, -0.2) is 46.9 Å². The van der Waals surface area contributed by atoms with E-state index in [0.29, 0.717) is 6.42 Å². The second-order valence-corrected chi connectivity index (χ2v) is 6.98. The van der Waals surface area contributed by atoms with Crippen LogP contribution in [0.2, 0.25) is 0 Å². The van der Waals surface area contributed by atoms with E-state index in [-0.39, 0.29) is 24.7 Å². The molecule has 1 fully saturated rings. The molecule has 27 heavy (non-hydrogen) atoms. The summed E-state index contributed by atoms with van der Waals surface area (Å²) in [4.78, 5) is 47.7. The van der Waals surface area contributed by atoms with Crippen LogP contribution in [0.1, 0.15) is 32.3 Å². The van der Waals surface area contributed by atoms with Crippen molar-refractivity contribution in [2.24, 2.45) is 5.92 Å². The lowest BCUT2D eigenvalue weighted by Crippen LogP contribution is -2.56. The van der Waals surface area contributed by atoms with Gasteiger partial charge in [0.15, 0.2) is 0 Å². The summed E-state index contributed by atoms with van der Waals surface area (Å²) in [6.45, 7) is 3.51. The minimum absolute atomic E-state index is 0.138. The standard InChI is InChI=1S/C19H25N3O5/c1-11(2)16(22-17(24)13-8-9-15(23)20-13)18(25)21-14(19(26)27)10-12-6-4-3-5-7-12/h3-7,11,13-14,16H,8-10H2,1-2H3,(H,20,23)(H,21,25)(H,22,24)(H,26,27). The maximum Gasteiger partial charge on any atom is 0.326 e. The zero-order valence-corrected chi connectivity index (χ0v) is 15.4. The highest BCUT2D eigenvalue weighted by Crippen LogP contribution is 2.10. The zero-order chi connectivity index (χ0) is 20.0. The van der Waals surface area contributed by atoms with Gasteiger partial charge in [-0.25, -0.2) is 4.79 Å². The van der Waals surface area contributed by atoms with Crippen LogP contribution in [0.5, 0.6) is 0 Å². The summed E-state index contributed by atoms with van der Waals surface area (Å²) in [6.07, 6.45) is 0.789. The number of hydrogen-bond donors (Lipinski definition) is 4. The Morgan fingerprint density at radius 1 is 1.19 bits per heavy atom. The Morgan fingerprint density at radius 2 is 1.85 bits per heavy atom. The molecule has 1 saturated heterocycles. The summed E-state index contributed by atoms with van der Waals surface area (Å²) in [6, 6.07) is 6.32. The average Bonchev–Trinajstić information content (AvgIpc) is 3.05. The molecule has 2 rings (SSSR count). The summed E-state index contributed by atoms with van der Waals surface area (Å²) in [5.41, 5.74) is 0.781. The van der Waals surface area contributed by atoms with Gasteiger partial charge >= 0.3 is 5.97 Å². The van der Waals surface area contributed by atoms with E-state index < -0.39 is 35.9 Å². The van der Waals surface area contributed by atoms with Crippen LogP contribution in [0.3, 0.4) is 0 Å². The van der Waals surface area contributed by atoms with E-state index in [2.05, 4.69) is 16.0 Å². The van der Waals surface area contributed by atoms with E-state index in [1.54, 1.807) is 38.1 Å². The monoisotopic (exact) mass is 375 g/mol. The van der Waals surface area contributed by atoms with E-state index in [9.17, 15) is 24.3 Å². The van der Waals surface area contributed by atoms with Gasteiger partial charge in [-0.15, -0.1) is 0 Å². The number of hydrogen-bond acceptors (Lipinski definition) is 4. The van der Waals surface area contributed by atoms with E-state index >= 15 is 0 Å². The van der Waals surface area contributed by atoms with E-state index in [1.807, 2.05) is 6.07 Å². The molecular formula is C19H25N3O5. The number of amides is 3. The van der Waals surface area contributed by atoms with Crippen molar-refractivity contribution >= 4 is 23.7 Å². The number of nitrogens with one attached hydrogen (secondary N) is 3. The largest absolute Gasteiger partial charge is 0.480 e. The number of aliphatic carboxylic acids is 1. The van der Waals surface area contributed by atoms with Gasteiger partial charge in [0.25, 0.3) is 0 Å². The highest BCUT2D eigenvalue weighted by Gasteiger charge is 2.33. The van der Waals surface area contributed by atoms with Crippen molar-refractivity contribution in [1.29, 1.82) is 0 Å². The Hall–Kier alpha value is -2.90. The van der Waals surface area contributed by atoms with Gasteiger partial charge in [-0.2, -0.15) is 0 Å². The zero-order valence-electron chi connectivity index (χ0n) is 15.4. The first kappa shape index (κ1) is 20.4. The SMILES string of the molecule is CC(C)C(NC(=O)C1CCC(=O)N1)C(=O)NC(Cc1ccccc1)C(=O)O. The second kappa shape index (κ2) is 9.16. The van der Waals surface area contributed by atoms with Gasteiger partial charge < -0.3 is 21.1 Å². The Labute approximate surface area is 157 Å². The van der Waals surface area contributed by atoms with Gasteiger partial charge in [0.1, 0.15) is 18.1 Å². The van der Waals surface area contributed by atoms with Crippen LogP contribution >= 0.6 is 0 Å². The molecule has 0 spiro atoms. The molecule has 4 N–H and O–H groups in total. The fourth-order valence-electron chi connectivity index (χ4n) is 2.91. The number of carboxylic acid groups (broad SMARTS) is 1. The van der Waals surface area contributed by atoms with E-state index in [0.717, 1.165) is 5.56 Å². The first-order chi connectivity index (χ1) is 12.8. The minimum atomic E-state index is -1.15. The van der Waals surface area contributed by atoms with Crippen molar-refractivity contribution in [3.05, 3.63) is 35.9 Å². The van der Waals surface area contributed by atoms with Crippen LogP contribution < -0.4 is 16.0 Å². The Bertz CT molecular complexity index is 705. The number of benzene rings is 1. The van der Waals surface area contributed by atoms with Crippen LogP contribution in [0.25, 0.3) is 0 Å². The number of carbonyl (C=O) groups excluding carboxylic acids is 3. The third kappa shape index (κ3) is 5.80. The summed E-state index contributed by atoms with van der Waals surface area (Å²) >= 11 is 0. The molecule has 3 atom stereocenters. The second-order valence-electron chi connectivity index (χ2n) is 6.98. The maximum atomic E-state index is 12.6. The Balaban J connectivity index is 2.02. The molecule has 0 aromatic heterocycles. The van der Waals surface area contributed by atoms with Crippen LogP contribution in [0.15, 0.2) is 30.3 Å². The van der Waals surface area contributed by atoms with Gasteiger partial charge in [0.05, 0.1) is 0 Å². The lowest BCUT2D eigenvalue weighted by molar-refractivity contribution is -0.142. The van der Waals surface area contributed by atoms with Gasteiger partial charge in [-0.1, -0.05) is 44.2 Å². The number of carboxylic acids is 1. The van der Waals surface area contributed by atoms with Gasteiger partial charge in [-0.05, 0) is 17.9 Å². The van der Waals surface area contributed by atoms with Crippen molar-refractivity contribution in [2.75, 3.05) is 0 Å². The molecule has 146 valence electrons. The molecule has 3 unspecified atom stereocenters. The summed E-state index contributed by atoms with van der Waals surface area (Å²) in [7, 11) is 0. The lowest BCUT2D eigenvalue weighted by Gasteiger charge is -2.25. The van der Waals surface area contributed by atoms with Crippen LogP contribution in [-0.2, 0) is 25.6 Å². The van der Waals surface area contributed by atoms with Crippen LogP contribution in [0.4, 0.5) is 0 Å². The maximum absolute atomic E-state index is 12.6. The van der Waals surface area contributed by atoms with E-state index in [1.165, 1.54) is 0 Å². The first-order valence-electron chi connectivity index (χ1n) is 8.94. The topological polar surface area (TPSA) is 125 Å². The number of rotatable bonds is 8. The predicted molar refractivity (Wildman–Crippen MR) is 97.6 cm³/mol. The average molecular weight is 375 g/mol. The molecule has 1 aromatic rings. The summed E-state index contributed by atoms with van der Waals surface area (Å²) in [5.74, 6) is -2.61. The molecule has 0 saturated carbocycles. The van der Waals surface area contributed by atoms with Gasteiger partial charge in [0.2, 0.25) is 17.7 Å². The minimum Gasteiger partial charge on any atom is -0.480 e. The predicted octanol–water partition coefficient (Wildman–Crippen LogP) is 0.218. The van der Waals surface area contributed by atoms with Gasteiger partial charge in [-0.3, -0.25) is 14.4 Å². The molecule has 3 amide bonds. The molecule has 0 radical (unpaired) electrons. The lowest BCUT2D eigenvalue weighted by atomic mass is 10.0. The first-order valence-corrected chi connectivity index (χ1v) is 8.94. The van der Waals surface area contributed by atoms with Crippen molar-refractivity contribution in [2.45, 2.75) is 51.2 Å². The molecular weight excluding hydrogens is 350 g/mol. The third-order valence-electron chi connectivity index (χ3n) is 4.46. The quantitative estimate of drug-likeness (QED) is 0.517. The highest BCUT2D eigenvalue weighted by molar-refractivity contribution is 5.95. The number of carbonyl (C=O) groups is 4. The molecule has 1 aliphatic rings. The molecule has 8 nitrogen and oxygen atoms in total. The normalized spacial score (nSPS) is 18.5. The fraction of sp³-hybridized carbons (Fsp3) is 0.474. The molecule has 1 aliphatic heterocycles. The summed E-state index contributed by atoms with van der Waals surface area (Å²) < 4.78 is 0. The molecule has 8 heteroatoms. The van der Waals surface area contributed by atoms with Crippen molar-refractivity contribution in [3.63, 3.8) is 0 Å². The summed E-state index contributed by atoms with van der Waals surface area (Å²) in [5, 5.41) is 17.1. The fourth-order valence-corrected chi connectivity index (χ4v) is 2.91. The molecule has 0 bridgehead atoms. The van der Waals surface area contributed by atoms with E-state index in [4.69, 9.17) is 0 Å². The van der Waals surface area contributed by atoms with Crippen molar-refractivity contribution in [1.82, 2.24) is 16.0 Å². The molecule has 1 heterocycles. The molecule has 0 aliphatic carbocycles. The van der Waals surface area contributed by atoms with Crippen molar-refractivity contribution in [3.8, 4) is 0 Å². The third-order valence-corrected chi connectivity index (χ3v) is 4.46. The van der Waals surface area contributed by atoms with Crippen molar-refractivity contribution < 1.29 is 24.3 Å². The van der Waals surface area contributed by atoms with Crippen LogP contribution in [0, 0.1) is 5.92 Å². The molecule has 1 aromatic carbocycles. The van der Waals surface area contributed by atoms with Gasteiger partial charge in [0, 0.05) is 12.8 Å². The highest BCUT2D eigenvalue weighted by atomic mass is 16.4. The smallest absolute Gasteiger partial charge is 0.326 e. The Morgan fingerprint density at radius 3 is 2.37 bits per heavy atom. The Kier molecular flexibility index (Phi) is 6.92.